The highest BCUT2D eigenvalue weighted by atomic mass is 16.1. The topological polar surface area (TPSA) is 59.8 Å². The van der Waals surface area contributed by atoms with Crippen LogP contribution in [-0.4, -0.2) is 26.7 Å². The van der Waals surface area contributed by atoms with Crippen molar-refractivity contribution in [3.63, 3.8) is 0 Å². The molecule has 3 rings (SSSR count). The number of carbonyl (C=O) groups is 1. The summed E-state index contributed by atoms with van der Waals surface area (Å²) in [6, 6.07) is 11.9. The fourth-order valence-corrected chi connectivity index (χ4v) is 2.38. The van der Waals surface area contributed by atoms with E-state index >= 15 is 0 Å². The summed E-state index contributed by atoms with van der Waals surface area (Å²) in [4.78, 5) is 16.8. The number of carbonyl (C=O) groups excluding carboxylic acids is 1. The molecule has 0 aliphatic rings. The van der Waals surface area contributed by atoms with Crippen LogP contribution >= 0.6 is 0 Å². The number of nitrogens with zero attached hydrogens (tertiary/aromatic N) is 3. The van der Waals surface area contributed by atoms with E-state index in [1.807, 2.05) is 57.2 Å². The summed E-state index contributed by atoms with van der Waals surface area (Å²) in [7, 11) is 0. The van der Waals surface area contributed by atoms with Crippen molar-refractivity contribution in [3.05, 3.63) is 53.9 Å². The van der Waals surface area contributed by atoms with Gasteiger partial charge in [-0.2, -0.15) is 5.10 Å². The van der Waals surface area contributed by atoms with E-state index in [0.717, 1.165) is 16.6 Å². The van der Waals surface area contributed by atoms with Crippen LogP contribution in [0.5, 0.6) is 0 Å². The smallest absolute Gasteiger partial charge is 0.254 e. The van der Waals surface area contributed by atoms with Gasteiger partial charge in [0.2, 0.25) is 0 Å². The molecule has 0 atom stereocenters. The lowest BCUT2D eigenvalue weighted by Crippen LogP contribution is -2.30. The van der Waals surface area contributed by atoms with E-state index in [4.69, 9.17) is 0 Å². The molecule has 22 heavy (non-hydrogen) atoms. The van der Waals surface area contributed by atoms with Gasteiger partial charge >= 0.3 is 0 Å². The quantitative estimate of drug-likeness (QED) is 0.808. The van der Waals surface area contributed by atoms with Crippen molar-refractivity contribution in [2.45, 2.75) is 26.8 Å². The average Bonchev–Trinajstić information content (AvgIpc) is 2.88. The van der Waals surface area contributed by atoms with Crippen LogP contribution in [0.3, 0.4) is 0 Å². The van der Waals surface area contributed by atoms with Gasteiger partial charge in [0.05, 0.1) is 23.0 Å². The maximum absolute atomic E-state index is 12.1. The first-order valence-electron chi connectivity index (χ1n) is 7.28. The molecule has 112 valence electrons. The molecular formula is C17H18N4O. The van der Waals surface area contributed by atoms with Crippen LogP contribution in [0.2, 0.25) is 0 Å². The van der Waals surface area contributed by atoms with Crippen LogP contribution in [0.4, 0.5) is 0 Å². The van der Waals surface area contributed by atoms with Gasteiger partial charge in [-0.3, -0.25) is 4.79 Å². The summed E-state index contributed by atoms with van der Waals surface area (Å²) in [5.41, 5.74) is 2.26. The van der Waals surface area contributed by atoms with Gasteiger partial charge in [-0.1, -0.05) is 18.2 Å². The summed E-state index contributed by atoms with van der Waals surface area (Å²) in [5, 5.41) is 8.27. The number of amides is 1. The van der Waals surface area contributed by atoms with Gasteiger partial charge in [0.1, 0.15) is 0 Å². The van der Waals surface area contributed by atoms with Gasteiger partial charge in [-0.05, 0) is 39.0 Å². The minimum atomic E-state index is -0.112. The Morgan fingerprint density at radius 2 is 1.95 bits per heavy atom. The third kappa shape index (κ3) is 2.57. The molecule has 1 amide bonds. The van der Waals surface area contributed by atoms with Crippen LogP contribution in [0.1, 0.15) is 29.9 Å². The lowest BCUT2D eigenvalue weighted by molar-refractivity contribution is 0.0942. The van der Waals surface area contributed by atoms with Crippen LogP contribution in [0.25, 0.3) is 16.7 Å². The molecule has 0 spiro atoms. The Bertz CT molecular complexity index is 836. The second-order valence-electron chi connectivity index (χ2n) is 5.55. The average molecular weight is 294 g/mol. The first-order valence-corrected chi connectivity index (χ1v) is 7.28. The van der Waals surface area contributed by atoms with Crippen LogP contribution in [0.15, 0.2) is 42.6 Å². The van der Waals surface area contributed by atoms with Crippen molar-refractivity contribution in [1.82, 2.24) is 20.1 Å². The molecular weight excluding hydrogens is 276 g/mol. The molecule has 0 saturated carbocycles. The van der Waals surface area contributed by atoms with E-state index in [9.17, 15) is 4.79 Å². The van der Waals surface area contributed by atoms with Crippen molar-refractivity contribution >= 4 is 16.8 Å². The molecule has 2 heterocycles. The van der Waals surface area contributed by atoms with E-state index in [0.29, 0.717) is 11.4 Å². The maximum Gasteiger partial charge on any atom is 0.254 e. The monoisotopic (exact) mass is 294 g/mol. The summed E-state index contributed by atoms with van der Waals surface area (Å²) < 4.78 is 1.70. The van der Waals surface area contributed by atoms with Crippen molar-refractivity contribution in [2.75, 3.05) is 0 Å². The largest absolute Gasteiger partial charge is 0.350 e. The lowest BCUT2D eigenvalue weighted by Gasteiger charge is -2.08. The van der Waals surface area contributed by atoms with Crippen LogP contribution in [-0.2, 0) is 0 Å². The van der Waals surface area contributed by atoms with E-state index in [1.54, 1.807) is 10.9 Å². The third-order valence-electron chi connectivity index (χ3n) is 3.47. The number of pyridine rings is 1. The molecule has 1 N–H and O–H groups in total. The number of aromatic nitrogens is 3. The van der Waals surface area contributed by atoms with Crippen molar-refractivity contribution in [2.24, 2.45) is 0 Å². The lowest BCUT2D eigenvalue weighted by atomic mass is 10.2. The maximum atomic E-state index is 12.1. The standard InChI is InChI=1S/C17H18N4O/c1-11(2)19-17(22)14-10-18-21(12(14)3)16-9-8-13-6-4-5-7-15(13)20-16/h4-11H,1-3H3,(H,19,22). The fourth-order valence-electron chi connectivity index (χ4n) is 2.38. The van der Waals surface area contributed by atoms with Gasteiger partial charge in [0.25, 0.3) is 5.91 Å². The van der Waals surface area contributed by atoms with E-state index in [1.165, 1.54) is 0 Å². The number of hydrogen-bond donors (Lipinski definition) is 1. The summed E-state index contributed by atoms with van der Waals surface area (Å²) in [6.45, 7) is 5.74. The zero-order valence-electron chi connectivity index (χ0n) is 12.9. The van der Waals surface area contributed by atoms with E-state index in [2.05, 4.69) is 15.4 Å². The number of para-hydroxylation sites is 1. The minimum Gasteiger partial charge on any atom is -0.350 e. The molecule has 0 bridgehead atoms. The molecule has 0 unspecified atom stereocenters. The van der Waals surface area contributed by atoms with E-state index in [-0.39, 0.29) is 11.9 Å². The Morgan fingerprint density at radius 3 is 2.73 bits per heavy atom. The Kier molecular flexibility index (Phi) is 3.63. The van der Waals surface area contributed by atoms with E-state index < -0.39 is 0 Å². The highest BCUT2D eigenvalue weighted by Gasteiger charge is 2.16. The molecule has 0 radical (unpaired) electrons. The predicted octanol–water partition coefficient (Wildman–Crippen LogP) is 2.87. The molecule has 5 heteroatoms. The SMILES string of the molecule is Cc1c(C(=O)NC(C)C)cnn1-c1ccc2ccccc2n1. The number of nitrogens with one attached hydrogen (secondary N) is 1. The predicted molar refractivity (Wildman–Crippen MR) is 86.2 cm³/mol. The van der Waals surface area contributed by atoms with Gasteiger partial charge in [0, 0.05) is 11.4 Å². The molecule has 1 aromatic carbocycles. The van der Waals surface area contributed by atoms with Crippen molar-refractivity contribution in [3.8, 4) is 5.82 Å². The second-order valence-corrected chi connectivity index (χ2v) is 5.55. The molecule has 0 saturated heterocycles. The molecule has 3 aromatic rings. The zero-order valence-corrected chi connectivity index (χ0v) is 12.9. The molecule has 0 fully saturated rings. The molecule has 2 aromatic heterocycles. The Morgan fingerprint density at radius 1 is 1.18 bits per heavy atom. The fraction of sp³-hybridized carbons (Fsp3) is 0.235. The first-order chi connectivity index (χ1) is 10.6. The van der Waals surface area contributed by atoms with Crippen molar-refractivity contribution in [1.29, 1.82) is 0 Å². The minimum absolute atomic E-state index is 0.0917. The number of benzene rings is 1. The van der Waals surface area contributed by atoms with Crippen LogP contribution < -0.4 is 5.32 Å². The Hall–Kier alpha value is -2.69. The molecule has 0 aliphatic heterocycles. The molecule has 5 nitrogen and oxygen atoms in total. The summed E-state index contributed by atoms with van der Waals surface area (Å²) in [5.74, 6) is 0.597. The summed E-state index contributed by atoms with van der Waals surface area (Å²) in [6.07, 6.45) is 1.59. The van der Waals surface area contributed by atoms with Crippen molar-refractivity contribution < 1.29 is 4.79 Å². The highest BCUT2D eigenvalue weighted by molar-refractivity contribution is 5.95. The summed E-state index contributed by atoms with van der Waals surface area (Å²) >= 11 is 0. The number of fused-ring (bicyclic) bond motifs is 1. The Balaban J connectivity index is 2.00. The van der Waals surface area contributed by atoms with Gasteiger partial charge < -0.3 is 5.32 Å². The Labute approximate surface area is 129 Å². The normalized spacial score (nSPS) is 11.1. The number of rotatable bonds is 3. The second kappa shape index (κ2) is 5.60. The zero-order chi connectivity index (χ0) is 15.7. The van der Waals surface area contributed by atoms with Crippen LogP contribution in [0, 0.1) is 6.92 Å². The third-order valence-corrected chi connectivity index (χ3v) is 3.47. The first kappa shape index (κ1) is 14.3. The van der Waals surface area contributed by atoms with Gasteiger partial charge in [-0.25, -0.2) is 9.67 Å². The van der Waals surface area contributed by atoms with Gasteiger partial charge in [0.15, 0.2) is 5.82 Å². The highest BCUT2D eigenvalue weighted by Crippen LogP contribution is 2.17. The number of hydrogen-bond acceptors (Lipinski definition) is 3. The van der Waals surface area contributed by atoms with Gasteiger partial charge in [-0.15, -0.1) is 0 Å². The molecule has 0 aliphatic carbocycles.